The number of nitrogens with one attached hydrogen (secondary N) is 2. The highest BCUT2D eigenvalue weighted by molar-refractivity contribution is 7.89. The molecule has 3 aromatic rings. The molecule has 1 aromatic heterocycles. The number of halogens is 1. The summed E-state index contributed by atoms with van der Waals surface area (Å²) >= 11 is 5.94. The molecule has 0 radical (unpaired) electrons. The lowest BCUT2D eigenvalue weighted by Gasteiger charge is -2.31. The van der Waals surface area contributed by atoms with Crippen LogP contribution in [0.3, 0.4) is 0 Å². The lowest BCUT2D eigenvalue weighted by molar-refractivity contribution is -0.124. The molecule has 1 aliphatic heterocycles. The number of aryl methyl sites for hydroxylation is 1. The molecule has 6 rings (SSSR count). The predicted octanol–water partition coefficient (Wildman–Crippen LogP) is 4.09. The van der Waals surface area contributed by atoms with Crippen LogP contribution in [0.5, 0.6) is 0 Å². The minimum Gasteiger partial charge on any atom is -0.329 e. The summed E-state index contributed by atoms with van der Waals surface area (Å²) in [6.45, 7) is 0.892. The average molecular weight is 581 g/mol. The van der Waals surface area contributed by atoms with Gasteiger partial charge in [-0.2, -0.15) is 0 Å². The third-order valence-electron chi connectivity index (χ3n) is 8.17. The maximum Gasteiger partial charge on any atom is 0.264 e. The molecule has 0 saturated heterocycles. The summed E-state index contributed by atoms with van der Waals surface area (Å²) in [5.74, 6) is -0.420. The van der Waals surface area contributed by atoms with Crippen molar-refractivity contribution in [3.8, 4) is 0 Å². The first-order valence-corrected chi connectivity index (χ1v) is 15.7. The van der Waals surface area contributed by atoms with Crippen LogP contribution in [0.15, 0.2) is 66.0 Å². The smallest absolute Gasteiger partial charge is 0.264 e. The molecule has 0 unspecified atom stereocenters. The van der Waals surface area contributed by atoms with Crippen LogP contribution in [-0.4, -0.2) is 45.7 Å². The number of rotatable bonds is 8. The van der Waals surface area contributed by atoms with Crippen molar-refractivity contribution in [1.29, 1.82) is 0 Å². The van der Waals surface area contributed by atoms with Crippen molar-refractivity contribution < 1.29 is 13.2 Å². The SMILES string of the molecule is O=C1NC=CN(S(=O)(=O)c2ccc(Cl)cc2)[C@@H]1Cc1cn([C@@H]2CCCc3cc(CNC4CCCC4)ccc32)nn1. The van der Waals surface area contributed by atoms with E-state index in [-0.39, 0.29) is 17.4 Å². The molecule has 0 spiro atoms. The van der Waals surface area contributed by atoms with Crippen LogP contribution in [0.2, 0.25) is 5.02 Å². The Labute approximate surface area is 239 Å². The molecular weight excluding hydrogens is 548 g/mol. The summed E-state index contributed by atoms with van der Waals surface area (Å²) in [4.78, 5) is 12.9. The lowest BCUT2D eigenvalue weighted by atomic mass is 9.86. The Bertz CT molecular complexity index is 1510. The molecule has 0 bridgehead atoms. The molecule has 2 aromatic carbocycles. The first-order chi connectivity index (χ1) is 19.4. The number of carbonyl (C=O) groups excluding carboxylic acids is 1. The van der Waals surface area contributed by atoms with Gasteiger partial charge in [0, 0.05) is 42.6 Å². The van der Waals surface area contributed by atoms with Gasteiger partial charge in [0.1, 0.15) is 6.04 Å². The van der Waals surface area contributed by atoms with Gasteiger partial charge in [-0.05, 0) is 73.1 Å². The maximum absolute atomic E-state index is 13.4. The Hall–Kier alpha value is -3.21. The number of amides is 1. The fraction of sp³-hybridized carbons (Fsp3) is 0.414. The summed E-state index contributed by atoms with van der Waals surface area (Å²) in [6, 6.07) is 12.3. The highest BCUT2D eigenvalue weighted by atomic mass is 35.5. The first-order valence-electron chi connectivity index (χ1n) is 13.9. The van der Waals surface area contributed by atoms with Gasteiger partial charge in [-0.15, -0.1) is 5.10 Å². The third-order valence-corrected chi connectivity index (χ3v) is 10.2. The fourth-order valence-corrected chi connectivity index (χ4v) is 7.62. The Morgan fingerprint density at radius 2 is 1.85 bits per heavy atom. The molecule has 1 amide bonds. The Morgan fingerprint density at radius 3 is 2.65 bits per heavy atom. The molecular formula is C29H33ClN6O3S. The lowest BCUT2D eigenvalue weighted by Crippen LogP contribution is -2.50. The average Bonchev–Trinajstić information content (AvgIpc) is 3.65. The Morgan fingerprint density at radius 1 is 1.05 bits per heavy atom. The van der Waals surface area contributed by atoms with Crippen LogP contribution in [0.4, 0.5) is 0 Å². The van der Waals surface area contributed by atoms with Gasteiger partial charge in [-0.3, -0.25) is 9.10 Å². The molecule has 9 nitrogen and oxygen atoms in total. The van der Waals surface area contributed by atoms with E-state index in [1.54, 1.807) is 0 Å². The van der Waals surface area contributed by atoms with E-state index in [1.165, 1.54) is 79.0 Å². The largest absolute Gasteiger partial charge is 0.329 e. The number of fused-ring (bicyclic) bond motifs is 1. The van der Waals surface area contributed by atoms with E-state index < -0.39 is 22.0 Å². The van der Waals surface area contributed by atoms with Crippen LogP contribution in [0, 0.1) is 0 Å². The normalized spacial score (nSPS) is 21.4. The highest BCUT2D eigenvalue weighted by Gasteiger charge is 2.36. The zero-order valence-electron chi connectivity index (χ0n) is 22.2. The quantitative estimate of drug-likeness (QED) is 0.415. The van der Waals surface area contributed by atoms with Crippen molar-refractivity contribution in [3.05, 3.63) is 88.5 Å². The Kier molecular flexibility index (Phi) is 7.65. The molecule has 2 N–H and O–H groups in total. The zero-order valence-corrected chi connectivity index (χ0v) is 23.7. The topological polar surface area (TPSA) is 109 Å². The predicted molar refractivity (Wildman–Crippen MR) is 152 cm³/mol. The number of aromatic nitrogens is 3. The second-order valence-electron chi connectivity index (χ2n) is 10.8. The summed E-state index contributed by atoms with van der Waals surface area (Å²) in [5.41, 5.74) is 4.45. The summed E-state index contributed by atoms with van der Waals surface area (Å²) in [6.07, 6.45) is 12.9. The van der Waals surface area contributed by atoms with E-state index in [0.29, 0.717) is 16.8 Å². The van der Waals surface area contributed by atoms with E-state index in [4.69, 9.17) is 11.6 Å². The maximum atomic E-state index is 13.4. The fourth-order valence-electron chi connectivity index (χ4n) is 6.04. The van der Waals surface area contributed by atoms with E-state index in [0.717, 1.165) is 30.1 Å². The van der Waals surface area contributed by atoms with Crippen LogP contribution in [0.1, 0.15) is 67.0 Å². The number of hydrogen-bond donors (Lipinski definition) is 2. The number of hydrogen-bond acceptors (Lipinski definition) is 6. The Balaban J connectivity index is 1.19. The van der Waals surface area contributed by atoms with Crippen LogP contribution in [-0.2, 0) is 34.2 Å². The summed E-state index contributed by atoms with van der Waals surface area (Å²) in [7, 11) is -3.98. The van der Waals surface area contributed by atoms with Gasteiger partial charge in [-0.25, -0.2) is 13.1 Å². The monoisotopic (exact) mass is 580 g/mol. The highest BCUT2D eigenvalue weighted by Crippen LogP contribution is 2.33. The van der Waals surface area contributed by atoms with Gasteiger partial charge in [0.15, 0.2) is 0 Å². The van der Waals surface area contributed by atoms with Gasteiger partial charge in [0.2, 0.25) is 5.91 Å². The minimum atomic E-state index is -3.98. The molecule has 3 aliphatic rings. The molecule has 40 heavy (non-hydrogen) atoms. The molecule has 2 atom stereocenters. The van der Waals surface area contributed by atoms with Crippen molar-refractivity contribution in [1.82, 2.24) is 29.9 Å². The van der Waals surface area contributed by atoms with Crippen LogP contribution in [0.25, 0.3) is 0 Å². The second kappa shape index (κ2) is 11.3. The first kappa shape index (κ1) is 27.0. The minimum absolute atomic E-state index is 0.0517. The van der Waals surface area contributed by atoms with Gasteiger partial charge >= 0.3 is 0 Å². The summed E-state index contributed by atoms with van der Waals surface area (Å²) in [5, 5.41) is 15.5. The van der Waals surface area contributed by atoms with E-state index in [1.807, 2.05) is 10.9 Å². The number of sulfonamides is 1. The molecule has 1 saturated carbocycles. The van der Waals surface area contributed by atoms with Crippen LogP contribution < -0.4 is 10.6 Å². The van der Waals surface area contributed by atoms with Crippen molar-refractivity contribution in [2.45, 2.75) is 80.9 Å². The molecule has 11 heteroatoms. The number of nitrogens with zero attached hydrogens (tertiary/aromatic N) is 4. The molecule has 2 aliphatic carbocycles. The standard InChI is InChI=1S/C29H33ClN6O3S/c30-22-9-11-25(12-10-22)40(38,39)36-15-14-31-29(37)28(36)17-24-19-35(34-33-24)27-7-3-4-21-16-20(8-13-26(21)27)18-32-23-5-1-2-6-23/h8-16,19,23,27-28,32H,1-7,17-18H2,(H,31,37)/t27-,28-/m1/s1. The van der Waals surface area contributed by atoms with Gasteiger partial charge in [0.05, 0.1) is 16.6 Å². The molecule has 1 fully saturated rings. The number of benzene rings is 2. The van der Waals surface area contributed by atoms with Gasteiger partial charge < -0.3 is 10.6 Å². The van der Waals surface area contributed by atoms with E-state index in [2.05, 4.69) is 39.1 Å². The zero-order chi connectivity index (χ0) is 27.7. The van der Waals surface area contributed by atoms with Crippen molar-refractivity contribution in [2.75, 3.05) is 0 Å². The van der Waals surface area contributed by atoms with Crippen molar-refractivity contribution >= 4 is 27.5 Å². The van der Waals surface area contributed by atoms with Gasteiger partial charge in [0.25, 0.3) is 10.0 Å². The summed E-state index contributed by atoms with van der Waals surface area (Å²) < 4.78 is 29.7. The third kappa shape index (κ3) is 5.53. The molecule has 2 heterocycles. The number of carbonyl (C=O) groups is 1. The van der Waals surface area contributed by atoms with Crippen LogP contribution >= 0.6 is 11.6 Å². The van der Waals surface area contributed by atoms with E-state index in [9.17, 15) is 13.2 Å². The van der Waals surface area contributed by atoms with Gasteiger partial charge in [-0.1, -0.05) is 47.9 Å². The van der Waals surface area contributed by atoms with E-state index >= 15 is 0 Å². The van der Waals surface area contributed by atoms with Crippen molar-refractivity contribution in [2.24, 2.45) is 0 Å². The second-order valence-corrected chi connectivity index (χ2v) is 13.1. The molecule has 210 valence electrons. The van der Waals surface area contributed by atoms with Crippen molar-refractivity contribution in [3.63, 3.8) is 0 Å².